The molecular weight excluding hydrogens is 313 g/mol. The maximum atomic E-state index is 5.43. The second kappa shape index (κ2) is 3.90. The molecule has 16 heavy (non-hydrogen) atoms. The SMILES string of the molecule is Ic1nc2cc(-c3ccccc3)ccc2o1. The average molecular weight is 321 g/mol. The summed E-state index contributed by atoms with van der Waals surface area (Å²) in [6.45, 7) is 0. The summed E-state index contributed by atoms with van der Waals surface area (Å²) in [7, 11) is 0. The zero-order valence-electron chi connectivity index (χ0n) is 8.35. The Morgan fingerprint density at radius 3 is 2.56 bits per heavy atom. The van der Waals surface area contributed by atoms with Gasteiger partial charge >= 0.3 is 0 Å². The standard InChI is InChI=1S/C13H8INO/c14-13-15-11-8-10(6-7-12(11)16-13)9-4-2-1-3-5-9/h1-8H. The molecule has 3 rings (SSSR count). The van der Waals surface area contributed by atoms with Crippen molar-refractivity contribution in [2.24, 2.45) is 0 Å². The second-order valence-electron chi connectivity index (χ2n) is 3.52. The van der Waals surface area contributed by atoms with Gasteiger partial charge in [0, 0.05) is 22.6 Å². The van der Waals surface area contributed by atoms with Crippen LogP contribution in [0.5, 0.6) is 0 Å². The van der Waals surface area contributed by atoms with Crippen LogP contribution in [0.4, 0.5) is 0 Å². The molecule has 3 aromatic rings. The summed E-state index contributed by atoms with van der Waals surface area (Å²) >= 11 is 2.08. The van der Waals surface area contributed by atoms with Crippen molar-refractivity contribution in [3.8, 4) is 11.1 Å². The van der Waals surface area contributed by atoms with Crippen molar-refractivity contribution in [2.45, 2.75) is 0 Å². The molecule has 0 fully saturated rings. The number of rotatable bonds is 1. The third kappa shape index (κ3) is 1.71. The molecule has 0 aliphatic carbocycles. The first-order valence-electron chi connectivity index (χ1n) is 4.94. The van der Waals surface area contributed by atoms with Crippen LogP contribution in [0.3, 0.4) is 0 Å². The van der Waals surface area contributed by atoms with E-state index in [-0.39, 0.29) is 0 Å². The quantitative estimate of drug-likeness (QED) is 0.631. The molecule has 2 nitrogen and oxygen atoms in total. The largest absolute Gasteiger partial charge is 0.432 e. The minimum atomic E-state index is 0.679. The minimum absolute atomic E-state index is 0.679. The van der Waals surface area contributed by atoms with Crippen molar-refractivity contribution in [1.82, 2.24) is 4.98 Å². The Bertz CT molecular complexity index is 631. The predicted molar refractivity (Wildman–Crippen MR) is 72.2 cm³/mol. The number of nitrogens with zero attached hydrogens (tertiary/aromatic N) is 1. The summed E-state index contributed by atoms with van der Waals surface area (Å²) in [6.07, 6.45) is 0. The highest BCUT2D eigenvalue weighted by Gasteiger charge is 2.04. The molecule has 0 radical (unpaired) electrons. The number of benzene rings is 2. The van der Waals surface area contributed by atoms with E-state index in [1.807, 2.05) is 24.3 Å². The van der Waals surface area contributed by atoms with Crippen molar-refractivity contribution in [2.75, 3.05) is 0 Å². The first-order valence-corrected chi connectivity index (χ1v) is 6.02. The fourth-order valence-corrected chi connectivity index (χ4v) is 2.21. The molecule has 0 N–H and O–H groups in total. The molecule has 1 heterocycles. The second-order valence-corrected chi connectivity index (χ2v) is 4.44. The van der Waals surface area contributed by atoms with Crippen LogP contribution in [0.2, 0.25) is 0 Å². The van der Waals surface area contributed by atoms with Gasteiger partial charge in [-0.1, -0.05) is 36.4 Å². The van der Waals surface area contributed by atoms with Crippen molar-refractivity contribution in [3.05, 3.63) is 52.4 Å². The molecule has 78 valence electrons. The topological polar surface area (TPSA) is 26.0 Å². The van der Waals surface area contributed by atoms with Crippen LogP contribution < -0.4 is 0 Å². The average Bonchev–Trinajstić information content (AvgIpc) is 2.69. The highest BCUT2D eigenvalue weighted by atomic mass is 127. The van der Waals surface area contributed by atoms with Gasteiger partial charge in [-0.15, -0.1) is 0 Å². The number of hydrogen-bond donors (Lipinski definition) is 0. The molecule has 0 bridgehead atoms. The lowest BCUT2D eigenvalue weighted by molar-refractivity contribution is 0.566. The molecular formula is C13H8INO. The number of halogens is 1. The van der Waals surface area contributed by atoms with E-state index in [0.717, 1.165) is 16.7 Å². The lowest BCUT2D eigenvalue weighted by atomic mass is 10.1. The lowest BCUT2D eigenvalue weighted by Gasteiger charge is -1.99. The zero-order chi connectivity index (χ0) is 11.0. The van der Waals surface area contributed by atoms with Crippen LogP contribution >= 0.6 is 22.6 Å². The van der Waals surface area contributed by atoms with Crippen molar-refractivity contribution in [3.63, 3.8) is 0 Å². The minimum Gasteiger partial charge on any atom is -0.432 e. The molecule has 0 atom stereocenters. The van der Waals surface area contributed by atoms with E-state index in [4.69, 9.17) is 4.42 Å². The Labute approximate surface area is 106 Å². The van der Waals surface area contributed by atoms with Crippen LogP contribution in [0.25, 0.3) is 22.2 Å². The van der Waals surface area contributed by atoms with Gasteiger partial charge in [-0.3, -0.25) is 0 Å². The molecule has 0 unspecified atom stereocenters. The summed E-state index contributed by atoms with van der Waals surface area (Å²) in [5, 5.41) is 0. The van der Waals surface area contributed by atoms with Crippen molar-refractivity contribution < 1.29 is 4.42 Å². The van der Waals surface area contributed by atoms with Gasteiger partial charge in [-0.25, -0.2) is 4.98 Å². The molecule has 0 aliphatic rings. The fraction of sp³-hybridized carbons (Fsp3) is 0. The van der Waals surface area contributed by atoms with E-state index < -0.39 is 0 Å². The van der Waals surface area contributed by atoms with Gasteiger partial charge in [0.1, 0.15) is 5.52 Å². The van der Waals surface area contributed by atoms with Crippen LogP contribution in [0.15, 0.2) is 52.9 Å². The molecule has 3 heteroatoms. The van der Waals surface area contributed by atoms with E-state index in [1.54, 1.807) is 0 Å². The van der Waals surface area contributed by atoms with E-state index in [9.17, 15) is 0 Å². The van der Waals surface area contributed by atoms with Gasteiger partial charge in [0.05, 0.1) is 0 Å². The Kier molecular flexibility index (Phi) is 2.40. The van der Waals surface area contributed by atoms with Gasteiger partial charge in [0.25, 0.3) is 3.90 Å². The normalized spacial score (nSPS) is 10.8. The fourth-order valence-electron chi connectivity index (χ4n) is 1.71. The van der Waals surface area contributed by atoms with Crippen molar-refractivity contribution >= 4 is 33.7 Å². The molecule has 0 saturated heterocycles. The Morgan fingerprint density at radius 2 is 1.75 bits per heavy atom. The first kappa shape index (κ1) is 9.84. The maximum Gasteiger partial charge on any atom is 0.258 e. The van der Waals surface area contributed by atoms with Crippen LogP contribution in [-0.2, 0) is 0 Å². The van der Waals surface area contributed by atoms with Gasteiger partial charge < -0.3 is 4.42 Å². The van der Waals surface area contributed by atoms with Crippen molar-refractivity contribution in [1.29, 1.82) is 0 Å². The number of oxazole rings is 1. The van der Waals surface area contributed by atoms with E-state index in [0.29, 0.717) is 3.90 Å². The van der Waals surface area contributed by atoms with Gasteiger partial charge in [0.2, 0.25) is 0 Å². The van der Waals surface area contributed by atoms with E-state index >= 15 is 0 Å². The summed E-state index contributed by atoms with van der Waals surface area (Å²) in [5.74, 6) is 0. The zero-order valence-corrected chi connectivity index (χ0v) is 10.5. The van der Waals surface area contributed by atoms with E-state index in [2.05, 4.69) is 51.8 Å². The summed E-state index contributed by atoms with van der Waals surface area (Å²) in [6, 6.07) is 16.3. The molecule has 0 aliphatic heterocycles. The molecule has 0 amide bonds. The van der Waals surface area contributed by atoms with Crippen LogP contribution in [0.1, 0.15) is 0 Å². The summed E-state index contributed by atoms with van der Waals surface area (Å²) < 4.78 is 6.11. The van der Waals surface area contributed by atoms with Gasteiger partial charge in [-0.05, 0) is 23.3 Å². The Balaban J connectivity index is 2.18. The number of hydrogen-bond acceptors (Lipinski definition) is 2. The van der Waals surface area contributed by atoms with Gasteiger partial charge in [-0.2, -0.15) is 0 Å². The number of fused-ring (bicyclic) bond motifs is 1. The Morgan fingerprint density at radius 1 is 0.938 bits per heavy atom. The maximum absolute atomic E-state index is 5.43. The molecule has 0 saturated carbocycles. The highest BCUT2D eigenvalue weighted by Crippen LogP contribution is 2.24. The summed E-state index contributed by atoms with van der Waals surface area (Å²) in [5.41, 5.74) is 4.11. The lowest BCUT2D eigenvalue weighted by Crippen LogP contribution is -1.77. The summed E-state index contributed by atoms with van der Waals surface area (Å²) in [4.78, 5) is 4.32. The highest BCUT2D eigenvalue weighted by molar-refractivity contribution is 14.1. The smallest absolute Gasteiger partial charge is 0.258 e. The van der Waals surface area contributed by atoms with Crippen LogP contribution in [0, 0.1) is 3.90 Å². The Hall–Kier alpha value is -1.36. The molecule has 1 aromatic heterocycles. The predicted octanol–water partition coefficient (Wildman–Crippen LogP) is 4.10. The third-order valence-corrected chi connectivity index (χ3v) is 2.93. The first-order chi connectivity index (χ1) is 7.83. The third-order valence-electron chi connectivity index (χ3n) is 2.47. The van der Waals surface area contributed by atoms with E-state index in [1.165, 1.54) is 5.56 Å². The molecule has 2 aromatic carbocycles. The molecule has 0 spiro atoms. The monoisotopic (exact) mass is 321 g/mol. The van der Waals surface area contributed by atoms with Crippen LogP contribution in [-0.4, -0.2) is 4.98 Å². The number of aromatic nitrogens is 1. The van der Waals surface area contributed by atoms with Gasteiger partial charge in [0.15, 0.2) is 5.58 Å².